The van der Waals surface area contributed by atoms with Gasteiger partial charge >= 0.3 is 0 Å². The Labute approximate surface area is 221 Å². The van der Waals surface area contributed by atoms with Crippen molar-refractivity contribution in [1.29, 1.82) is 0 Å². The minimum atomic E-state index is -0.429. The summed E-state index contributed by atoms with van der Waals surface area (Å²) in [7, 11) is 1.61. The van der Waals surface area contributed by atoms with Crippen molar-refractivity contribution >= 4 is 22.5 Å². The predicted molar refractivity (Wildman–Crippen MR) is 147 cm³/mol. The van der Waals surface area contributed by atoms with Crippen molar-refractivity contribution < 1.29 is 9.53 Å². The first-order chi connectivity index (χ1) is 18.6. The maximum Gasteiger partial charge on any atom is 0.252 e. The van der Waals surface area contributed by atoms with E-state index in [2.05, 4.69) is 43.9 Å². The molecule has 1 aliphatic carbocycles. The second-order valence-corrected chi connectivity index (χ2v) is 9.90. The molecule has 2 fully saturated rings. The van der Waals surface area contributed by atoms with Crippen molar-refractivity contribution in [2.45, 2.75) is 31.7 Å². The van der Waals surface area contributed by atoms with Gasteiger partial charge in [0.15, 0.2) is 5.65 Å². The first kappa shape index (κ1) is 24.1. The van der Waals surface area contributed by atoms with Crippen LogP contribution >= 0.6 is 0 Å². The van der Waals surface area contributed by atoms with Crippen molar-refractivity contribution in [2.24, 2.45) is 0 Å². The summed E-state index contributed by atoms with van der Waals surface area (Å²) in [6, 6.07) is 17.8. The van der Waals surface area contributed by atoms with Gasteiger partial charge in [0.2, 0.25) is 0 Å². The van der Waals surface area contributed by atoms with Gasteiger partial charge in [0, 0.05) is 28.9 Å². The summed E-state index contributed by atoms with van der Waals surface area (Å²) in [5.41, 5.74) is 5.92. The number of ether oxygens (including phenoxy) is 1. The standard InChI is InChI=1S/C27H23N5O2.C3H7N/c1-17-5-7-20(34-2)14-22(17)26(33)31-27(9-10-27)23-12-19(13-24-21(23)4-3-11-28-24)18-6-8-25-29-16-30-32(25)15-18;1-2-4-3-1/h3-8,11-16H,9-10H2,1-2H3,(H,31,33);4H,1-3H2. The fourth-order valence-electron chi connectivity index (χ4n) is 4.75. The minimum Gasteiger partial charge on any atom is -0.497 e. The molecule has 2 aliphatic rings. The summed E-state index contributed by atoms with van der Waals surface area (Å²) in [6.07, 6.45) is 8.44. The third-order valence-electron chi connectivity index (χ3n) is 7.34. The summed E-state index contributed by atoms with van der Waals surface area (Å²) in [5.74, 6) is 0.570. The number of methoxy groups -OCH3 is 1. The van der Waals surface area contributed by atoms with Crippen LogP contribution in [-0.2, 0) is 5.54 Å². The van der Waals surface area contributed by atoms with E-state index in [4.69, 9.17) is 4.74 Å². The first-order valence-electron chi connectivity index (χ1n) is 12.9. The van der Waals surface area contributed by atoms with E-state index in [0.717, 1.165) is 51.6 Å². The van der Waals surface area contributed by atoms with Crippen molar-refractivity contribution in [1.82, 2.24) is 30.2 Å². The molecule has 2 aromatic carbocycles. The topological polar surface area (TPSA) is 93.4 Å². The van der Waals surface area contributed by atoms with Crippen LogP contribution in [0.25, 0.3) is 27.7 Å². The van der Waals surface area contributed by atoms with Gasteiger partial charge in [-0.2, -0.15) is 5.10 Å². The SMILES string of the molecule is C1CNC1.COc1ccc(C)c(C(=O)NC2(c3cc(-c4ccc5ncnn5c4)cc4ncccc34)CC2)c1. The van der Waals surface area contributed by atoms with Gasteiger partial charge in [-0.05, 0) is 98.4 Å². The maximum atomic E-state index is 13.4. The minimum absolute atomic E-state index is 0.0969. The van der Waals surface area contributed by atoms with Crippen molar-refractivity contribution in [3.63, 3.8) is 0 Å². The zero-order valence-electron chi connectivity index (χ0n) is 21.6. The van der Waals surface area contributed by atoms with Gasteiger partial charge in [-0.15, -0.1) is 0 Å². The van der Waals surface area contributed by atoms with E-state index in [1.54, 1.807) is 30.2 Å². The van der Waals surface area contributed by atoms with Crippen LogP contribution in [0.1, 0.15) is 40.7 Å². The number of carbonyl (C=O) groups is 1. The normalized spacial score (nSPS) is 15.3. The molecule has 4 heterocycles. The third kappa shape index (κ3) is 4.59. The second-order valence-electron chi connectivity index (χ2n) is 9.90. The van der Waals surface area contributed by atoms with E-state index >= 15 is 0 Å². The van der Waals surface area contributed by atoms with Gasteiger partial charge in [0.25, 0.3) is 5.91 Å². The van der Waals surface area contributed by atoms with E-state index in [1.807, 2.05) is 43.5 Å². The summed E-state index contributed by atoms with van der Waals surface area (Å²) in [4.78, 5) is 22.2. The number of hydrogen-bond acceptors (Lipinski definition) is 6. The number of rotatable bonds is 5. The van der Waals surface area contributed by atoms with Crippen molar-refractivity contribution in [2.75, 3.05) is 20.2 Å². The van der Waals surface area contributed by atoms with Crippen LogP contribution in [0.5, 0.6) is 5.75 Å². The van der Waals surface area contributed by atoms with Crippen LogP contribution in [0, 0.1) is 6.92 Å². The number of carbonyl (C=O) groups excluding carboxylic acids is 1. The lowest BCUT2D eigenvalue weighted by atomic mass is 9.93. The zero-order chi connectivity index (χ0) is 26.1. The number of nitrogens with zero attached hydrogens (tertiary/aromatic N) is 4. The molecule has 1 saturated carbocycles. The van der Waals surface area contributed by atoms with Crippen LogP contribution < -0.4 is 15.4 Å². The summed E-state index contributed by atoms with van der Waals surface area (Å²) >= 11 is 0. The van der Waals surface area contributed by atoms with Crippen LogP contribution in [0.2, 0.25) is 0 Å². The molecule has 38 heavy (non-hydrogen) atoms. The van der Waals surface area contributed by atoms with Gasteiger partial charge in [-0.1, -0.05) is 12.1 Å². The fourth-order valence-corrected chi connectivity index (χ4v) is 4.75. The van der Waals surface area contributed by atoms with Crippen LogP contribution in [0.3, 0.4) is 0 Å². The Morgan fingerprint density at radius 3 is 2.61 bits per heavy atom. The number of hydrogen-bond donors (Lipinski definition) is 2. The Hall–Kier alpha value is -4.30. The van der Waals surface area contributed by atoms with E-state index < -0.39 is 5.54 Å². The monoisotopic (exact) mass is 506 g/mol. The number of amides is 1. The number of nitrogens with one attached hydrogen (secondary N) is 2. The predicted octanol–water partition coefficient (Wildman–Crippen LogP) is 4.66. The number of benzene rings is 2. The highest BCUT2D eigenvalue weighted by Crippen LogP contribution is 2.49. The van der Waals surface area contributed by atoms with Crippen LogP contribution in [-0.4, -0.2) is 45.7 Å². The Morgan fingerprint density at radius 1 is 1.05 bits per heavy atom. The quantitative estimate of drug-likeness (QED) is 0.360. The van der Waals surface area contributed by atoms with E-state index in [0.29, 0.717) is 11.3 Å². The molecule has 2 N–H and O–H groups in total. The summed E-state index contributed by atoms with van der Waals surface area (Å²) in [6.45, 7) is 4.44. The fraction of sp³-hybridized carbons (Fsp3) is 0.267. The number of fused-ring (bicyclic) bond motifs is 2. The molecule has 0 atom stereocenters. The molecule has 0 spiro atoms. The van der Waals surface area contributed by atoms with Gasteiger partial charge in [0.05, 0.1) is 18.2 Å². The highest BCUT2D eigenvalue weighted by atomic mass is 16.5. The van der Waals surface area contributed by atoms with Gasteiger partial charge in [-0.3, -0.25) is 9.78 Å². The average Bonchev–Trinajstić information content (AvgIpc) is 3.52. The molecule has 0 bridgehead atoms. The van der Waals surface area contributed by atoms with E-state index in [1.165, 1.54) is 19.5 Å². The zero-order valence-corrected chi connectivity index (χ0v) is 21.6. The Bertz CT molecular complexity index is 1630. The molecular formula is C30H30N6O2. The molecule has 192 valence electrons. The van der Waals surface area contributed by atoms with E-state index in [-0.39, 0.29) is 5.91 Å². The molecule has 0 unspecified atom stereocenters. The molecule has 1 saturated heterocycles. The maximum absolute atomic E-state index is 13.4. The lowest BCUT2D eigenvalue weighted by Gasteiger charge is -2.22. The largest absolute Gasteiger partial charge is 0.497 e. The highest BCUT2D eigenvalue weighted by molar-refractivity contribution is 5.98. The van der Waals surface area contributed by atoms with Crippen molar-refractivity contribution in [3.8, 4) is 16.9 Å². The van der Waals surface area contributed by atoms with Crippen LogP contribution in [0.4, 0.5) is 0 Å². The van der Waals surface area contributed by atoms with Gasteiger partial charge in [0.1, 0.15) is 12.1 Å². The Kier molecular flexibility index (Phi) is 6.25. The molecule has 8 nitrogen and oxygen atoms in total. The Morgan fingerprint density at radius 2 is 1.87 bits per heavy atom. The lowest BCUT2D eigenvalue weighted by molar-refractivity contribution is 0.0930. The second kappa shape index (κ2) is 9.87. The number of pyridine rings is 2. The molecule has 1 aliphatic heterocycles. The smallest absolute Gasteiger partial charge is 0.252 e. The summed E-state index contributed by atoms with van der Waals surface area (Å²) in [5, 5.41) is 11.8. The van der Waals surface area contributed by atoms with Gasteiger partial charge in [-0.25, -0.2) is 9.50 Å². The molecule has 5 aromatic rings. The summed E-state index contributed by atoms with van der Waals surface area (Å²) < 4.78 is 7.10. The van der Waals surface area contributed by atoms with Crippen LogP contribution in [0.15, 0.2) is 73.3 Å². The Balaban J connectivity index is 0.000000606. The third-order valence-corrected chi connectivity index (χ3v) is 7.34. The molecule has 0 radical (unpaired) electrons. The molecular weight excluding hydrogens is 476 g/mol. The lowest BCUT2D eigenvalue weighted by Crippen LogP contribution is -2.35. The average molecular weight is 507 g/mol. The number of aryl methyl sites for hydroxylation is 1. The highest BCUT2D eigenvalue weighted by Gasteiger charge is 2.47. The molecule has 7 rings (SSSR count). The number of aromatic nitrogens is 4. The van der Waals surface area contributed by atoms with E-state index in [9.17, 15) is 4.79 Å². The van der Waals surface area contributed by atoms with Crippen molar-refractivity contribution in [3.05, 3.63) is 90.0 Å². The molecule has 8 heteroatoms. The molecule has 3 aromatic heterocycles. The van der Waals surface area contributed by atoms with Gasteiger partial charge < -0.3 is 15.4 Å². The molecule has 1 amide bonds. The first-order valence-corrected chi connectivity index (χ1v) is 12.9.